The van der Waals surface area contributed by atoms with Crippen LogP contribution in [0.15, 0.2) is 42.2 Å². The molecule has 0 unspecified atom stereocenters. The summed E-state index contributed by atoms with van der Waals surface area (Å²) in [6.45, 7) is 0. The molecule has 0 spiro atoms. The fourth-order valence-electron chi connectivity index (χ4n) is 1.99. The van der Waals surface area contributed by atoms with Crippen LogP contribution in [0.5, 0.6) is 11.5 Å². The third-order valence-electron chi connectivity index (χ3n) is 2.89. The van der Waals surface area contributed by atoms with Gasteiger partial charge in [0.25, 0.3) is 0 Å². The second kappa shape index (κ2) is 4.85. The van der Waals surface area contributed by atoms with Crippen molar-refractivity contribution in [3.8, 4) is 11.5 Å². The molecule has 2 aromatic carbocycles. The van der Waals surface area contributed by atoms with Gasteiger partial charge in [-0.2, -0.15) is 0 Å². The third-order valence-corrected chi connectivity index (χ3v) is 3.50. The van der Waals surface area contributed by atoms with Crippen molar-refractivity contribution in [2.24, 2.45) is 0 Å². The Morgan fingerprint density at radius 2 is 1.85 bits per heavy atom. The molecule has 0 atom stereocenters. The Kier molecular flexibility index (Phi) is 3.16. The van der Waals surface area contributed by atoms with Gasteiger partial charge in [0.05, 0.1) is 15.6 Å². The average molecular weight is 307 g/mol. The molecule has 0 saturated carbocycles. The van der Waals surface area contributed by atoms with Crippen molar-refractivity contribution in [3.05, 3.63) is 63.3 Å². The van der Waals surface area contributed by atoms with Gasteiger partial charge >= 0.3 is 0 Å². The van der Waals surface area contributed by atoms with Crippen molar-refractivity contribution in [2.75, 3.05) is 0 Å². The highest BCUT2D eigenvalue weighted by atomic mass is 35.5. The van der Waals surface area contributed by atoms with E-state index < -0.39 is 0 Å². The Bertz CT molecular complexity index is 751. The van der Waals surface area contributed by atoms with Gasteiger partial charge in [-0.15, -0.1) is 0 Å². The van der Waals surface area contributed by atoms with Gasteiger partial charge in [0.2, 0.25) is 5.78 Å². The molecule has 0 radical (unpaired) electrons. The molecule has 0 aliphatic carbocycles. The number of hydrogen-bond acceptors (Lipinski definition) is 3. The van der Waals surface area contributed by atoms with E-state index in [0.29, 0.717) is 15.6 Å². The first-order valence-electron chi connectivity index (χ1n) is 5.77. The fourth-order valence-corrected chi connectivity index (χ4v) is 2.42. The van der Waals surface area contributed by atoms with Crippen LogP contribution in [-0.4, -0.2) is 10.9 Å². The number of hydrogen-bond donors (Lipinski definition) is 1. The quantitative estimate of drug-likeness (QED) is 0.798. The van der Waals surface area contributed by atoms with Crippen molar-refractivity contribution < 1.29 is 14.6 Å². The van der Waals surface area contributed by atoms with E-state index in [1.165, 1.54) is 12.1 Å². The zero-order valence-electron chi connectivity index (χ0n) is 10.1. The molecule has 1 aliphatic heterocycles. The van der Waals surface area contributed by atoms with E-state index in [0.717, 1.165) is 0 Å². The lowest BCUT2D eigenvalue weighted by Gasteiger charge is -2.01. The highest BCUT2D eigenvalue weighted by molar-refractivity contribution is 6.39. The number of ketones is 1. The number of carbonyl (C=O) groups is 1. The van der Waals surface area contributed by atoms with Crippen molar-refractivity contribution in [3.63, 3.8) is 0 Å². The largest absolute Gasteiger partial charge is 0.508 e. The molecule has 0 saturated heterocycles. The number of fused-ring (bicyclic) bond motifs is 1. The topological polar surface area (TPSA) is 46.5 Å². The Morgan fingerprint density at radius 1 is 1.10 bits per heavy atom. The second-order valence-corrected chi connectivity index (χ2v) is 5.08. The smallest absolute Gasteiger partial charge is 0.233 e. The Morgan fingerprint density at radius 3 is 2.55 bits per heavy atom. The normalized spacial score (nSPS) is 15.3. The minimum absolute atomic E-state index is 0.110. The second-order valence-electron chi connectivity index (χ2n) is 4.27. The van der Waals surface area contributed by atoms with Crippen molar-refractivity contribution in [1.29, 1.82) is 0 Å². The summed E-state index contributed by atoms with van der Waals surface area (Å²) in [6.07, 6.45) is 1.54. The summed E-state index contributed by atoms with van der Waals surface area (Å²) >= 11 is 12.0. The molecule has 0 amide bonds. The van der Waals surface area contributed by atoms with Gasteiger partial charge < -0.3 is 9.84 Å². The van der Waals surface area contributed by atoms with E-state index in [9.17, 15) is 9.90 Å². The van der Waals surface area contributed by atoms with E-state index in [2.05, 4.69) is 0 Å². The number of carbonyl (C=O) groups excluding carboxylic acids is 1. The average Bonchev–Trinajstić information content (AvgIpc) is 2.73. The third kappa shape index (κ3) is 2.15. The Labute approximate surface area is 125 Å². The molecular formula is C15H8Cl2O3. The number of benzene rings is 2. The molecule has 3 rings (SSSR count). The fraction of sp³-hybridized carbons (Fsp3) is 0. The summed E-state index contributed by atoms with van der Waals surface area (Å²) in [5.74, 6) is 0.186. The lowest BCUT2D eigenvalue weighted by atomic mass is 10.1. The van der Waals surface area contributed by atoms with Crippen molar-refractivity contribution in [1.82, 2.24) is 0 Å². The molecular weight excluding hydrogens is 299 g/mol. The van der Waals surface area contributed by atoms with Gasteiger partial charge in [-0.3, -0.25) is 4.79 Å². The number of phenols is 1. The molecule has 1 N–H and O–H groups in total. The lowest BCUT2D eigenvalue weighted by molar-refractivity contribution is 0.101. The summed E-state index contributed by atoms with van der Waals surface area (Å²) in [6, 6.07) is 9.62. The molecule has 0 aromatic heterocycles. The summed E-state index contributed by atoms with van der Waals surface area (Å²) < 4.78 is 5.49. The SMILES string of the molecule is O=C1/C(=C/c2cccc(O)c2)Oc2c(Cl)ccc(Cl)c21. The summed E-state index contributed by atoms with van der Waals surface area (Å²) in [5, 5.41) is 10.0. The van der Waals surface area contributed by atoms with E-state index >= 15 is 0 Å². The zero-order chi connectivity index (χ0) is 14.3. The first-order valence-corrected chi connectivity index (χ1v) is 6.53. The highest BCUT2D eigenvalue weighted by Crippen LogP contribution is 2.41. The zero-order valence-corrected chi connectivity index (χ0v) is 11.6. The van der Waals surface area contributed by atoms with E-state index in [1.807, 2.05) is 0 Å². The van der Waals surface area contributed by atoms with Crippen LogP contribution in [0.2, 0.25) is 10.0 Å². The van der Waals surface area contributed by atoms with Crippen LogP contribution in [0, 0.1) is 0 Å². The molecule has 5 heteroatoms. The Balaban J connectivity index is 2.06. The predicted molar refractivity (Wildman–Crippen MR) is 77.5 cm³/mol. The maximum atomic E-state index is 12.3. The van der Waals surface area contributed by atoms with Crippen LogP contribution in [0.3, 0.4) is 0 Å². The van der Waals surface area contributed by atoms with E-state index in [1.54, 1.807) is 30.3 Å². The molecule has 20 heavy (non-hydrogen) atoms. The van der Waals surface area contributed by atoms with Crippen LogP contribution in [0.25, 0.3) is 6.08 Å². The summed E-state index contributed by atoms with van der Waals surface area (Å²) in [4.78, 5) is 12.3. The van der Waals surface area contributed by atoms with Crippen molar-refractivity contribution >= 4 is 35.1 Å². The van der Waals surface area contributed by atoms with Gasteiger partial charge in [-0.1, -0.05) is 35.3 Å². The number of allylic oxidation sites excluding steroid dienone is 1. The number of rotatable bonds is 1. The Hall–Kier alpha value is -1.97. The van der Waals surface area contributed by atoms with Crippen LogP contribution >= 0.6 is 23.2 Å². The minimum atomic E-state index is -0.323. The predicted octanol–water partition coefficient (Wildman–Crippen LogP) is 4.32. The summed E-state index contributed by atoms with van der Waals surface area (Å²) in [7, 11) is 0. The van der Waals surface area contributed by atoms with Gasteiger partial charge in [0.1, 0.15) is 5.75 Å². The standard InChI is InChI=1S/C15H8Cl2O3/c16-10-4-5-11(17)15-13(10)14(19)12(20-15)7-8-2-1-3-9(18)6-8/h1-7,18H/b12-7-. The molecule has 100 valence electrons. The van der Waals surface area contributed by atoms with Gasteiger partial charge in [0, 0.05) is 0 Å². The molecule has 1 aliphatic rings. The van der Waals surface area contributed by atoms with Crippen LogP contribution in [0.4, 0.5) is 0 Å². The van der Waals surface area contributed by atoms with Crippen LogP contribution < -0.4 is 4.74 Å². The number of halogens is 2. The maximum Gasteiger partial charge on any atom is 0.233 e. The number of ether oxygens (including phenoxy) is 1. The van der Waals surface area contributed by atoms with Crippen LogP contribution in [0.1, 0.15) is 15.9 Å². The maximum absolute atomic E-state index is 12.3. The number of Topliss-reactive ketones (excluding diaryl/α,β-unsaturated/α-hetero) is 1. The summed E-state index contributed by atoms with van der Waals surface area (Å²) in [5.41, 5.74) is 0.916. The van der Waals surface area contributed by atoms with Gasteiger partial charge in [-0.05, 0) is 35.9 Å². The van der Waals surface area contributed by atoms with E-state index in [-0.39, 0.29) is 28.6 Å². The molecule has 2 aromatic rings. The first-order chi connectivity index (χ1) is 9.56. The number of aromatic hydroxyl groups is 1. The highest BCUT2D eigenvalue weighted by Gasteiger charge is 2.31. The minimum Gasteiger partial charge on any atom is -0.508 e. The van der Waals surface area contributed by atoms with Gasteiger partial charge in [-0.25, -0.2) is 0 Å². The lowest BCUT2D eigenvalue weighted by Crippen LogP contribution is -1.98. The molecule has 1 heterocycles. The van der Waals surface area contributed by atoms with E-state index in [4.69, 9.17) is 27.9 Å². The van der Waals surface area contributed by atoms with Crippen LogP contribution in [-0.2, 0) is 0 Å². The van der Waals surface area contributed by atoms with Gasteiger partial charge in [0.15, 0.2) is 11.5 Å². The first kappa shape index (κ1) is 13.0. The monoisotopic (exact) mass is 306 g/mol. The molecule has 3 nitrogen and oxygen atoms in total. The number of phenolic OH excluding ortho intramolecular Hbond substituents is 1. The van der Waals surface area contributed by atoms with Crippen molar-refractivity contribution in [2.45, 2.75) is 0 Å². The molecule has 0 bridgehead atoms. The molecule has 0 fully saturated rings.